The summed E-state index contributed by atoms with van der Waals surface area (Å²) >= 11 is 8.76. The third kappa shape index (κ3) is 3.67. The van der Waals surface area contributed by atoms with Gasteiger partial charge in [-0.3, -0.25) is 0 Å². The van der Waals surface area contributed by atoms with Crippen LogP contribution in [0.2, 0.25) is 0 Å². The van der Waals surface area contributed by atoms with Crippen molar-refractivity contribution >= 4 is 27.5 Å². The van der Waals surface area contributed by atoms with E-state index in [0.29, 0.717) is 15.6 Å². The van der Waals surface area contributed by atoms with Gasteiger partial charge in [0, 0.05) is 15.9 Å². The van der Waals surface area contributed by atoms with Gasteiger partial charge in [0.15, 0.2) is 11.6 Å². The van der Waals surface area contributed by atoms with Crippen LogP contribution in [0, 0.1) is 11.6 Å². The third-order valence-corrected chi connectivity index (χ3v) is 3.35. The minimum atomic E-state index is -0.504. The van der Waals surface area contributed by atoms with Crippen LogP contribution in [0.1, 0.15) is 11.1 Å². The molecular formula is C14H10BrClF2O. The molecule has 0 bridgehead atoms. The topological polar surface area (TPSA) is 9.23 Å². The molecule has 0 radical (unpaired) electrons. The van der Waals surface area contributed by atoms with Crippen molar-refractivity contribution in [3.05, 3.63) is 63.6 Å². The van der Waals surface area contributed by atoms with E-state index in [0.717, 1.165) is 0 Å². The average molecular weight is 348 g/mol. The minimum Gasteiger partial charge on any atom is -0.486 e. The Labute approximate surface area is 123 Å². The van der Waals surface area contributed by atoms with E-state index >= 15 is 0 Å². The minimum absolute atomic E-state index is 0.0315. The molecule has 100 valence electrons. The first-order chi connectivity index (χ1) is 9.10. The zero-order valence-electron chi connectivity index (χ0n) is 9.80. The van der Waals surface area contributed by atoms with Crippen molar-refractivity contribution in [2.75, 3.05) is 0 Å². The van der Waals surface area contributed by atoms with Gasteiger partial charge in [-0.25, -0.2) is 8.78 Å². The number of hydrogen-bond acceptors (Lipinski definition) is 1. The summed E-state index contributed by atoms with van der Waals surface area (Å²) < 4.78 is 33.1. The highest BCUT2D eigenvalue weighted by Gasteiger charge is 2.07. The van der Waals surface area contributed by atoms with Gasteiger partial charge in [0.1, 0.15) is 12.4 Å². The molecule has 0 spiro atoms. The standard InChI is InChI=1S/C14H10BrClF2O/c15-11-3-2-10(12(17)6-11)8-19-14-4-1-9(7-16)5-13(14)18/h1-6H,7-8H2. The summed E-state index contributed by atoms with van der Waals surface area (Å²) in [5.74, 6) is -0.586. The lowest BCUT2D eigenvalue weighted by Crippen LogP contribution is -2.00. The van der Waals surface area contributed by atoms with Gasteiger partial charge in [-0.05, 0) is 29.8 Å². The summed E-state index contributed by atoms with van der Waals surface area (Å²) in [6, 6.07) is 9.10. The molecular weight excluding hydrogens is 338 g/mol. The Bertz CT molecular complexity index is 590. The van der Waals surface area contributed by atoms with E-state index in [4.69, 9.17) is 16.3 Å². The van der Waals surface area contributed by atoms with Crippen molar-refractivity contribution in [1.82, 2.24) is 0 Å². The first-order valence-electron chi connectivity index (χ1n) is 5.51. The van der Waals surface area contributed by atoms with Crippen LogP contribution in [0.15, 0.2) is 40.9 Å². The number of halogens is 4. The molecule has 0 aliphatic carbocycles. The highest BCUT2D eigenvalue weighted by Crippen LogP contribution is 2.22. The summed E-state index contributed by atoms with van der Waals surface area (Å²) in [5, 5.41) is 0. The number of benzene rings is 2. The zero-order chi connectivity index (χ0) is 13.8. The summed E-state index contributed by atoms with van der Waals surface area (Å²) in [6.07, 6.45) is 0. The normalized spacial score (nSPS) is 10.5. The molecule has 0 saturated carbocycles. The van der Waals surface area contributed by atoms with E-state index < -0.39 is 11.6 Å². The van der Waals surface area contributed by atoms with E-state index in [1.807, 2.05) is 0 Å². The first-order valence-corrected chi connectivity index (χ1v) is 6.84. The second-order valence-electron chi connectivity index (χ2n) is 3.92. The van der Waals surface area contributed by atoms with Gasteiger partial charge in [0.25, 0.3) is 0 Å². The Morgan fingerprint density at radius 1 is 1.05 bits per heavy atom. The fraction of sp³-hybridized carbons (Fsp3) is 0.143. The van der Waals surface area contributed by atoms with E-state index in [2.05, 4.69) is 15.9 Å². The van der Waals surface area contributed by atoms with Crippen molar-refractivity contribution in [1.29, 1.82) is 0 Å². The third-order valence-electron chi connectivity index (χ3n) is 2.55. The second kappa shape index (κ2) is 6.35. The van der Waals surface area contributed by atoms with Crippen molar-refractivity contribution in [3.8, 4) is 5.75 Å². The molecule has 2 aromatic carbocycles. The molecule has 0 atom stereocenters. The molecule has 0 N–H and O–H groups in total. The molecule has 1 nitrogen and oxygen atoms in total. The van der Waals surface area contributed by atoms with Crippen molar-refractivity contribution in [2.45, 2.75) is 12.5 Å². The van der Waals surface area contributed by atoms with Crippen molar-refractivity contribution in [2.24, 2.45) is 0 Å². The van der Waals surface area contributed by atoms with Crippen LogP contribution >= 0.6 is 27.5 Å². The summed E-state index contributed by atoms with van der Waals surface area (Å²) in [4.78, 5) is 0. The molecule has 5 heteroatoms. The van der Waals surface area contributed by atoms with Crippen LogP contribution in [-0.2, 0) is 12.5 Å². The Morgan fingerprint density at radius 2 is 1.84 bits per heavy atom. The highest BCUT2D eigenvalue weighted by molar-refractivity contribution is 9.10. The van der Waals surface area contributed by atoms with Crippen molar-refractivity contribution < 1.29 is 13.5 Å². The lowest BCUT2D eigenvalue weighted by atomic mass is 10.2. The Morgan fingerprint density at radius 3 is 2.47 bits per heavy atom. The number of hydrogen-bond donors (Lipinski definition) is 0. The maximum Gasteiger partial charge on any atom is 0.165 e. The van der Waals surface area contributed by atoms with Crippen LogP contribution < -0.4 is 4.74 Å². The van der Waals surface area contributed by atoms with Gasteiger partial charge in [-0.15, -0.1) is 11.6 Å². The molecule has 0 aromatic heterocycles. The number of ether oxygens (including phenoxy) is 1. The van der Waals surface area contributed by atoms with Gasteiger partial charge in [0.2, 0.25) is 0 Å². The van der Waals surface area contributed by atoms with E-state index in [1.54, 1.807) is 18.2 Å². The van der Waals surface area contributed by atoms with Gasteiger partial charge in [0.05, 0.1) is 0 Å². The molecule has 2 aromatic rings. The van der Waals surface area contributed by atoms with Crippen molar-refractivity contribution in [3.63, 3.8) is 0 Å². The van der Waals surface area contributed by atoms with Crippen LogP contribution in [0.4, 0.5) is 8.78 Å². The zero-order valence-corrected chi connectivity index (χ0v) is 12.1. The molecule has 0 amide bonds. The molecule has 0 unspecified atom stereocenters. The Hall–Kier alpha value is -1.13. The molecule has 2 rings (SSSR count). The van der Waals surface area contributed by atoms with Gasteiger partial charge in [-0.2, -0.15) is 0 Å². The number of rotatable bonds is 4. The maximum absolute atomic E-state index is 13.6. The lowest BCUT2D eigenvalue weighted by molar-refractivity contribution is 0.284. The van der Waals surface area contributed by atoms with Crippen LogP contribution in [0.5, 0.6) is 5.75 Å². The quantitative estimate of drug-likeness (QED) is 0.704. The number of alkyl halides is 1. The molecule has 0 heterocycles. The smallest absolute Gasteiger partial charge is 0.165 e. The predicted octanol–water partition coefficient (Wildman–Crippen LogP) is 5.05. The summed E-state index contributed by atoms with van der Waals surface area (Å²) in [5.41, 5.74) is 1.03. The highest BCUT2D eigenvalue weighted by atomic mass is 79.9. The second-order valence-corrected chi connectivity index (χ2v) is 5.11. The molecule has 19 heavy (non-hydrogen) atoms. The monoisotopic (exact) mass is 346 g/mol. The summed E-state index contributed by atoms with van der Waals surface area (Å²) in [6.45, 7) is -0.0315. The molecule has 0 fully saturated rings. The van der Waals surface area contributed by atoms with Gasteiger partial charge < -0.3 is 4.74 Å². The fourth-order valence-electron chi connectivity index (χ4n) is 1.54. The molecule has 0 aliphatic rings. The van der Waals surface area contributed by atoms with Crippen LogP contribution in [0.3, 0.4) is 0 Å². The largest absolute Gasteiger partial charge is 0.486 e. The fourth-order valence-corrected chi connectivity index (χ4v) is 2.04. The first kappa shape index (κ1) is 14.3. The Balaban J connectivity index is 2.10. The van der Waals surface area contributed by atoms with E-state index in [1.165, 1.54) is 18.2 Å². The molecule has 0 saturated heterocycles. The summed E-state index contributed by atoms with van der Waals surface area (Å²) in [7, 11) is 0. The van der Waals surface area contributed by atoms with Crippen LogP contribution in [-0.4, -0.2) is 0 Å². The SMILES string of the molecule is Fc1cc(Br)ccc1COc1ccc(CCl)cc1F. The Kier molecular flexibility index (Phi) is 4.77. The molecule has 0 aliphatic heterocycles. The van der Waals surface area contributed by atoms with Crippen LogP contribution in [0.25, 0.3) is 0 Å². The van der Waals surface area contributed by atoms with E-state index in [-0.39, 0.29) is 18.2 Å². The lowest BCUT2D eigenvalue weighted by Gasteiger charge is -2.09. The predicted molar refractivity (Wildman–Crippen MR) is 74.4 cm³/mol. The average Bonchev–Trinajstić information content (AvgIpc) is 2.39. The van der Waals surface area contributed by atoms with E-state index in [9.17, 15) is 8.78 Å². The maximum atomic E-state index is 13.6. The van der Waals surface area contributed by atoms with Gasteiger partial charge >= 0.3 is 0 Å². The van der Waals surface area contributed by atoms with Gasteiger partial charge in [-0.1, -0.05) is 28.1 Å².